The van der Waals surface area contributed by atoms with E-state index in [-0.39, 0.29) is 29.1 Å². The molecular weight excluding hydrogens is 455 g/mol. The predicted molar refractivity (Wildman–Crippen MR) is 117 cm³/mol. The summed E-state index contributed by atoms with van der Waals surface area (Å²) >= 11 is 0. The third kappa shape index (κ3) is 4.75. The molecule has 4 aromatic rings. The van der Waals surface area contributed by atoms with Crippen molar-refractivity contribution < 1.29 is 22.7 Å². The molecule has 9 nitrogen and oxygen atoms in total. The molecular formula is C22H16F3N5O4. The average Bonchev–Trinajstić information content (AvgIpc) is 2.78. The van der Waals surface area contributed by atoms with Gasteiger partial charge in [-0.3, -0.25) is 14.4 Å². The Balaban J connectivity index is 1.80. The maximum absolute atomic E-state index is 13.0. The summed E-state index contributed by atoms with van der Waals surface area (Å²) in [6.45, 7) is -0.325. The first-order valence-corrected chi connectivity index (χ1v) is 9.75. The highest BCUT2D eigenvalue weighted by Gasteiger charge is 2.31. The smallest absolute Gasteiger partial charge is 0.406 e. The lowest BCUT2D eigenvalue weighted by Gasteiger charge is -2.14. The lowest BCUT2D eigenvalue weighted by atomic mass is 10.2. The molecule has 12 heteroatoms. The van der Waals surface area contributed by atoms with Crippen molar-refractivity contribution >= 4 is 28.2 Å². The van der Waals surface area contributed by atoms with E-state index in [2.05, 4.69) is 15.2 Å². The van der Waals surface area contributed by atoms with Gasteiger partial charge in [0.2, 0.25) is 5.91 Å². The topological polar surface area (TPSA) is 121 Å². The Morgan fingerprint density at radius 2 is 1.65 bits per heavy atom. The van der Waals surface area contributed by atoms with Crippen LogP contribution in [0.25, 0.3) is 16.5 Å². The second-order valence-electron chi connectivity index (χ2n) is 7.10. The largest absolute Gasteiger partial charge is 0.573 e. The summed E-state index contributed by atoms with van der Waals surface area (Å²) in [6.07, 6.45) is -3.46. The number of nitrogens with two attached hydrogens (primary N) is 1. The number of nitrogens with one attached hydrogen (secondary N) is 1. The molecule has 0 bridgehead atoms. The number of anilines is 2. The van der Waals surface area contributed by atoms with Crippen LogP contribution in [-0.2, 0) is 11.3 Å². The Hall–Kier alpha value is -4.61. The molecule has 3 N–H and O–H groups in total. The second kappa shape index (κ2) is 8.73. The fourth-order valence-electron chi connectivity index (χ4n) is 3.30. The standard InChI is InChI=1S/C22H16F3N5O4/c23-22(24,25)34-14-9-7-13(8-10-14)30-20(32)16-5-2-1-4-15(16)19(28-30)27-17-6-3-11-29(21(17)33)12-18(26)31/h1-11H,12H2,(H2,26,31)(H,27,28). The summed E-state index contributed by atoms with van der Waals surface area (Å²) in [5.41, 5.74) is 4.35. The van der Waals surface area contributed by atoms with E-state index in [0.717, 1.165) is 21.4 Å². The molecule has 2 heterocycles. The third-order valence-electron chi connectivity index (χ3n) is 4.72. The van der Waals surface area contributed by atoms with Crippen LogP contribution in [0, 0.1) is 0 Å². The van der Waals surface area contributed by atoms with Crippen molar-refractivity contribution in [2.24, 2.45) is 5.73 Å². The molecule has 0 saturated heterocycles. The highest BCUT2D eigenvalue weighted by atomic mass is 19.4. The van der Waals surface area contributed by atoms with Crippen LogP contribution in [0.1, 0.15) is 0 Å². The number of benzene rings is 2. The molecule has 4 rings (SSSR count). The second-order valence-corrected chi connectivity index (χ2v) is 7.10. The molecule has 0 aliphatic heterocycles. The van der Waals surface area contributed by atoms with E-state index in [1.54, 1.807) is 24.3 Å². The monoisotopic (exact) mass is 471 g/mol. The van der Waals surface area contributed by atoms with Gasteiger partial charge in [-0.25, -0.2) is 0 Å². The number of hydrogen-bond donors (Lipinski definition) is 2. The summed E-state index contributed by atoms with van der Waals surface area (Å²) in [4.78, 5) is 37.0. The van der Waals surface area contributed by atoms with E-state index in [4.69, 9.17) is 5.73 Å². The molecule has 0 aliphatic rings. The zero-order valence-electron chi connectivity index (χ0n) is 17.2. The van der Waals surface area contributed by atoms with Crippen LogP contribution in [-0.4, -0.2) is 26.6 Å². The minimum atomic E-state index is -4.85. The minimum Gasteiger partial charge on any atom is -0.406 e. The zero-order chi connectivity index (χ0) is 24.5. The van der Waals surface area contributed by atoms with Gasteiger partial charge in [-0.05, 0) is 42.5 Å². The Morgan fingerprint density at radius 1 is 0.971 bits per heavy atom. The number of nitrogens with zero attached hydrogens (tertiary/aromatic N) is 3. The fraction of sp³-hybridized carbons (Fsp3) is 0.0909. The molecule has 174 valence electrons. The molecule has 0 saturated carbocycles. The number of ether oxygens (including phenoxy) is 1. The van der Waals surface area contributed by atoms with Gasteiger partial charge in [0.25, 0.3) is 11.1 Å². The number of carbonyl (C=O) groups is 1. The van der Waals surface area contributed by atoms with Crippen molar-refractivity contribution in [3.63, 3.8) is 0 Å². The van der Waals surface area contributed by atoms with Gasteiger partial charge in [0.05, 0.1) is 11.1 Å². The van der Waals surface area contributed by atoms with Crippen LogP contribution in [0.3, 0.4) is 0 Å². The number of hydrogen-bond acceptors (Lipinski definition) is 6. The van der Waals surface area contributed by atoms with Crippen molar-refractivity contribution in [3.05, 3.63) is 87.6 Å². The maximum Gasteiger partial charge on any atom is 0.573 e. The number of carbonyl (C=O) groups excluding carboxylic acids is 1. The Kier molecular flexibility index (Phi) is 5.80. The van der Waals surface area contributed by atoms with Gasteiger partial charge >= 0.3 is 6.36 Å². The van der Waals surface area contributed by atoms with E-state index in [0.29, 0.717) is 5.39 Å². The van der Waals surface area contributed by atoms with E-state index >= 15 is 0 Å². The molecule has 0 radical (unpaired) electrons. The molecule has 2 aromatic carbocycles. The van der Waals surface area contributed by atoms with Crippen molar-refractivity contribution in [1.82, 2.24) is 14.3 Å². The van der Waals surface area contributed by atoms with E-state index in [9.17, 15) is 27.6 Å². The van der Waals surface area contributed by atoms with Gasteiger partial charge in [-0.2, -0.15) is 4.68 Å². The lowest BCUT2D eigenvalue weighted by Crippen LogP contribution is -2.29. The number of primary amides is 1. The first-order valence-electron chi connectivity index (χ1n) is 9.75. The van der Waals surface area contributed by atoms with Crippen LogP contribution in [0.4, 0.5) is 24.7 Å². The fourth-order valence-corrected chi connectivity index (χ4v) is 3.30. The van der Waals surface area contributed by atoms with Gasteiger partial charge < -0.3 is 20.4 Å². The minimum absolute atomic E-state index is 0.0699. The quantitative estimate of drug-likeness (QED) is 0.446. The van der Waals surface area contributed by atoms with Gasteiger partial charge in [-0.1, -0.05) is 18.2 Å². The first-order chi connectivity index (χ1) is 16.1. The SMILES string of the molecule is NC(=O)Cn1cccc(Nc2nn(-c3ccc(OC(F)(F)F)cc3)c(=O)c3ccccc23)c1=O. The summed E-state index contributed by atoms with van der Waals surface area (Å²) in [7, 11) is 0. The molecule has 1 amide bonds. The summed E-state index contributed by atoms with van der Waals surface area (Å²) < 4.78 is 43.3. The Labute approximate surface area is 188 Å². The van der Waals surface area contributed by atoms with Gasteiger partial charge in [0, 0.05) is 11.6 Å². The van der Waals surface area contributed by atoms with Gasteiger partial charge in [0.15, 0.2) is 5.82 Å². The lowest BCUT2D eigenvalue weighted by molar-refractivity contribution is -0.274. The molecule has 0 atom stereocenters. The van der Waals surface area contributed by atoms with Crippen molar-refractivity contribution in [1.29, 1.82) is 0 Å². The molecule has 0 spiro atoms. The number of amides is 1. The van der Waals surface area contributed by atoms with Crippen molar-refractivity contribution in [2.45, 2.75) is 12.9 Å². The van der Waals surface area contributed by atoms with Crippen molar-refractivity contribution in [2.75, 3.05) is 5.32 Å². The highest BCUT2D eigenvalue weighted by molar-refractivity contribution is 5.92. The first kappa shape index (κ1) is 22.6. The van der Waals surface area contributed by atoms with Crippen molar-refractivity contribution in [3.8, 4) is 11.4 Å². The van der Waals surface area contributed by atoms with Crippen LogP contribution in [0.15, 0.2) is 76.4 Å². The molecule has 0 unspecified atom stereocenters. The number of aromatic nitrogens is 3. The molecule has 2 aromatic heterocycles. The maximum atomic E-state index is 13.0. The summed E-state index contributed by atoms with van der Waals surface area (Å²) in [5, 5.41) is 7.83. The third-order valence-corrected chi connectivity index (χ3v) is 4.72. The van der Waals surface area contributed by atoms with Gasteiger partial charge in [-0.15, -0.1) is 18.3 Å². The normalized spacial score (nSPS) is 11.4. The summed E-state index contributed by atoms with van der Waals surface area (Å²) in [5.74, 6) is -1.02. The highest BCUT2D eigenvalue weighted by Crippen LogP contribution is 2.25. The number of halogens is 3. The predicted octanol–water partition coefficient (Wildman–Crippen LogP) is 2.67. The Morgan fingerprint density at radius 3 is 2.29 bits per heavy atom. The number of alkyl halides is 3. The van der Waals surface area contributed by atoms with E-state index in [1.807, 2.05) is 0 Å². The Bertz CT molecular complexity index is 1490. The number of fused-ring (bicyclic) bond motifs is 1. The zero-order valence-corrected chi connectivity index (χ0v) is 17.2. The molecule has 34 heavy (non-hydrogen) atoms. The van der Waals surface area contributed by atoms with E-state index < -0.39 is 29.1 Å². The molecule has 0 fully saturated rings. The number of rotatable bonds is 6. The van der Waals surface area contributed by atoms with Crippen LogP contribution >= 0.6 is 0 Å². The van der Waals surface area contributed by atoms with Crippen LogP contribution in [0.2, 0.25) is 0 Å². The van der Waals surface area contributed by atoms with Crippen LogP contribution < -0.4 is 26.9 Å². The van der Waals surface area contributed by atoms with E-state index in [1.165, 1.54) is 30.5 Å². The number of pyridine rings is 1. The average molecular weight is 471 g/mol. The van der Waals surface area contributed by atoms with Gasteiger partial charge in [0.1, 0.15) is 18.0 Å². The summed E-state index contributed by atoms with van der Waals surface area (Å²) in [6, 6.07) is 14.1. The van der Waals surface area contributed by atoms with Crippen LogP contribution in [0.5, 0.6) is 5.75 Å². The molecule has 0 aliphatic carbocycles.